The minimum absolute atomic E-state index is 0.181. The standard InChI is InChI=1S/C10H16F2N2/c1-3-4-9(13-2)8-5-6-14(7-8)10(11)12/h5-7,9-10,13H,3-4H2,1-2H3. The van der Waals surface area contributed by atoms with E-state index in [1.165, 1.54) is 12.4 Å². The molecule has 1 N–H and O–H groups in total. The highest BCUT2D eigenvalue weighted by molar-refractivity contribution is 5.15. The second kappa shape index (κ2) is 5.10. The van der Waals surface area contributed by atoms with E-state index in [1.54, 1.807) is 6.07 Å². The Bertz CT molecular complexity index is 271. The summed E-state index contributed by atoms with van der Waals surface area (Å²) in [6.45, 7) is -0.364. The largest absolute Gasteiger partial charge is 0.318 e. The van der Waals surface area contributed by atoms with Crippen molar-refractivity contribution in [3.63, 3.8) is 0 Å². The lowest BCUT2D eigenvalue weighted by Gasteiger charge is -2.13. The highest BCUT2D eigenvalue weighted by atomic mass is 19.3. The van der Waals surface area contributed by atoms with Gasteiger partial charge in [-0.15, -0.1) is 0 Å². The van der Waals surface area contributed by atoms with E-state index in [4.69, 9.17) is 0 Å². The molecule has 14 heavy (non-hydrogen) atoms. The number of alkyl halides is 2. The quantitative estimate of drug-likeness (QED) is 0.776. The van der Waals surface area contributed by atoms with Gasteiger partial charge >= 0.3 is 6.55 Å². The van der Waals surface area contributed by atoms with Crippen molar-refractivity contribution in [2.45, 2.75) is 32.4 Å². The van der Waals surface area contributed by atoms with Gasteiger partial charge in [-0.2, -0.15) is 8.78 Å². The van der Waals surface area contributed by atoms with Crippen LogP contribution in [0.5, 0.6) is 0 Å². The maximum Gasteiger partial charge on any atom is 0.318 e. The maximum atomic E-state index is 12.3. The van der Waals surface area contributed by atoms with Gasteiger partial charge in [0.1, 0.15) is 0 Å². The molecule has 1 aromatic rings. The lowest BCUT2D eigenvalue weighted by Crippen LogP contribution is -2.15. The van der Waals surface area contributed by atoms with Gasteiger partial charge in [0.2, 0.25) is 0 Å². The van der Waals surface area contributed by atoms with Crippen molar-refractivity contribution in [2.75, 3.05) is 7.05 Å². The average Bonchev–Trinajstić information content (AvgIpc) is 2.63. The van der Waals surface area contributed by atoms with Crippen molar-refractivity contribution < 1.29 is 8.78 Å². The van der Waals surface area contributed by atoms with Crippen LogP contribution in [0.1, 0.15) is 37.9 Å². The fraction of sp³-hybridized carbons (Fsp3) is 0.600. The first kappa shape index (κ1) is 11.2. The van der Waals surface area contributed by atoms with Gasteiger partial charge in [-0.1, -0.05) is 13.3 Å². The smallest absolute Gasteiger partial charge is 0.313 e. The van der Waals surface area contributed by atoms with Crippen molar-refractivity contribution in [3.05, 3.63) is 24.0 Å². The van der Waals surface area contributed by atoms with E-state index in [9.17, 15) is 8.78 Å². The van der Waals surface area contributed by atoms with Crippen LogP contribution in [0.2, 0.25) is 0 Å². The van der Waals surface area contributed by atoms with E-state index in [1.807, 2.05) is 7.05 Å². The van der Waals surface area contributed by atoms with E-state index in [-0.39, 0.29) is 6.04 Å². The molecule has 1 unspecified atom stereocenters. The molecule has 0 aromatic carbocycles. The van der Waals surface area contributed by atoms with Crippen molar-refractivity contribution >= 4 is 0 Å². The summed E-state index contributed by atoms with van der Waals surface area (Å²) in [5.41, 5.74) is 0.926. The molecule has 0 amide bonds. The van der Waals surface area contributed by atoms with Crippen LogP contribution in [0, 0.1) is 0 Å². The van der Waals surface area contributed by atoms with Crippen LogP contribution in [0.4, 0.5) is 8.78 Å². The first-order valence-electron chi connectivity index (χ1n) is 4.81. The second-order valence-corrected chi connectivity index (χ2v) is 3.30. The van der Waals surface area contributed by atoms with Gasteiger partial charge in [0.05, 0.1) is 0 Å². The van der Waals surface area contributed by atoms with Crippen LogP contribution in [-0.4, -0.2) is 11.6 Å². The summed E-state index contributed by atoms with van der Waals surface area (Å²) in [6, 6.07) is 1.92. The molecule has 0 saturated heterocycles. The zero-order chi connectivity index (χ0) is 10.6. The van der Waals surface area contributed by atoms with Crippen LogP contribution in [0.3, 0.4) is 0 Å². The number of halogens is 2. The molecular formula is C10H16F2N2. The number of rotatable bonds is 5. The van der Waals surface area contributed by atoms with Gasteiger partial charge < -0.3 is 5.32 Å². The Labute approximate surface area is 82.9 Å². The highest BCUT2D eigenvalue weighted by Crippen LogP contribution is 2.20. The van der Waals surface area contributed by atoms with Gasteiger partial charge in [0, 0.05) is 18.4 Å². The molecule has 1 atom stereocenters. The third-order valence-corrected chi connectivity index (χ3v) is 2.29. The molecule has 0 spiro atoms. The highest BCUT2D eigenvalue weighted by Gasteiger charge is 2.11. The summed E-state index contributed by atoms with van der Waals surface area (Å²) in [4.78, 5) is 0. The molecule has 0 aliphatic rings. The molecule has 1 aromatic heterocycles. The molecule has 1 rings (SSSR count). The van der Waals surface area contributed by atoms with Crippen LogP contribution >= 0.6 is 0 Å². The minimum atomic E-state index is -2.44. The van der Waals surface area contributed by atoms with Crippen molar-refractivity contribution in [3.8, 4) is 0 Å². The SMILES string of the molecule is CCCC(NC)c1ccn(C(F)F)c1. The monoisotopic (exact) mass is 202 g/mol. The summed E-state index contributed by atoms with van der Waals surface area (Å²) in [7, 11) is 1.85. The van der Waals surface area contributed by atoms with E-state index in [0.29, 0.717) is 0 Å². The summed E-state index contributed by atoms with van der Waals surface area (Å²) in [6.07, 6.45) is 4.91. The van der Waals surface area contributed by atoms with Crippen LogP contribution in [-0.2, 0) is 0 Å². The molecule has 0 fully saturated rings. The van der Waals surface area contributed by atoms with Crippen LogP contribution in [0.25, 0.3) is 0 Å². The normalized spacial score (nSPS) is 13.5. The Morgan fingerprint density at radius 2 is 2.21 bits per heavy atom. The number of hydrogen-bond donors (Lipinski definition) is 1. The lowest BCUT2D eigenvalue weighted by molar-refractivity contribution is 0.0705. The molecule has 0 bridgehead atoms. The molecule has 0 radical (unpaired) electrons. The topological polar surface area (TPSA) is 17.0 Å². The minimum Gasteiger partial charge on any atom is -0.313 e. The van der Waals surface area contributed by atoms with Crippen molar-refractivity contribution in [1.29, 1.82) is 0 Å². The van der Waals surface area contributed by atoms with Crippen LogP contribution < -0.4 is 5.32 Å². The number of aromatic nitrogens is 1. The Hall–Kier alpha value is -0.900. The number of nitrogens with one attached hydrogen (secondary N) is 1. The molecular weight excluding hydrogens is 186 g/mol. The second-order valence-electron chi connectivity index (χ2n) is 3.30. The molecule has 2 nitrogen and oxygen atoms in total. The van der Waals surface area contributed by atoms with E-state index >= 15 is 0 Å². The first-order chi connectivity index (χ1) is 6.69. The van der Waals surface area contributed by atoms with Gasteiger partial charge in [-0.05, 0) is 25.1 Å². The Morgan fingerprint density at radius 1 is 1.50 bits per heavy atom. The summed E-state index contributed by atoms with van der Waals surface area (Å²) in [5.74, 6) is 0. The fourth-order valence-corrected chi connectivity index (χ4v) is 1.52. The van der Waals surface area contributed by atoms with Crippen LogP contribution in [0.15, 0.2) is 18.5 Å². The Balaban J connectivity index is 2.73. The predicted molar refractivity (Wildman–Crippen MR) is 52.4 cm³/mol. The van der Waals surface area contributed by atoms with Gasteiger partial charge in [0.25, 0.3) is 0 Å². The number of hydrogen-bond acceptors (Lipinski definition) is 1. The summed E-state index contributed by atoms with van der Waals surface area (Å²) < 4.78 is 25.5. The molecule has 0 aliphatic carbocycles. The molecule has 1 heterocycles. The zero-order valence-electron chi connectivity index (χ0n) is 8.50. The Kier molecular flexibility index (Phi) is 4.07. The van der Waals surface area contributed by atoms with E-state index in [0.717, 1.165) is 23.0 Å². The summed E-state index contributed by atoms with van der Waals surface area (Å²) >= 11 is 0. The van der Waals surface area contributed by atoms with Gasteiger partial charge in [-0.3, -0.25) is 4.57 Å². The molecule has 0 aliphatic heterocycles. The maximum absolute atomic E-state index is 12.3. The average molecular weight is 202 g/mol. The van der Waals surface area contributed by atoms with Gasteiger partial charge in [-0.25, -0.2) is 0 Å². The summed E-state index contributed by atoms with van der Waals surface area (Å²) in [5, 5.41) is 3.11. The van der Waals surface area contributed by atoms with E-state index in [2.05, 4.69) is 12.2 Å². The Morgan fingerprint density at radius 3 is 2.64 bits per heavy atom. The van der Waals surface area contributed by atoms with Crippen molar-refractivity contribution in [2.24, 2.45) is 0 Å². The third kappa shape index (κ3) is 2.54. The lowest BCUT2D eigenvalue weighted by atomic mass is 10.1. The van der Waals surface area contributed by atoms with Gasteiger partial charge in [0.15, 0.2) is 0 Å². The zero-order valence-corrected chi connectivity index (χ0v) is 8.50. The molecule has 4 heteroatoms. The first-order valence-corrected chi connectivity index (χ1v) is 4.81. The third-order valence-electron chi connectivity index (χ3n) is 2.29. The predicted octanol–water partition coefficient (Wildman–Crippen LogP) is 2.94. The van der Waals surface area contributed by atoms with E-state index < -0.39 is 6.55 Å². The number of nitrogens with zero attached hydrogens (tertiary/aromatic N) is 1. The fourth-order valence-electron chi connectivity index (χ4n) is 1.52. The van der Waals surface area contributed by atoms with Crippen molar-refractivity contribution in [1.82, 2.24) is 9.88 Å². The molecule has 80 valence electrons. The molecule has 0 saturated carbocycles.